The zero-order valence-corrected chi connectivity index (χ0v) is 13.8. The molecule has 0 heterocycles. The molecule has 2 atom stereocenters. The van der Waals surface area contributed by atoms with E-state index in [1.54, 1.807) is 7.11 Å². The summed E-state index contributed by atoms with van der Waals surface area (Å²) in [5, 5.41) is 5.33. The van der Waals surface area contributed by atoms with Crippen LogP contribution in [0.1, 0.15) is 45.1 Å². The van der Waals surface area contributed by atoms with Crippen LogP contribution in [0.15, 0.2) is 36.4 Å². The van der Waals surface area contributed by atoms with Gasteiger partial charge in [0.15, 0.2) is 0 Å². The molecule has 0 fully saturated rings. The SMILES string of the molecule is CCC[C@H](C)NC(=O)[C@H](C)c1ccc2cc(OC)ccc2c1. The monoisotopic (exact) mass is 299 g/mol. The third-order valence-corrected chi connectivity index (χ3v) is 4.08. The molecule has 1 amide bonds. The predicted octanol–water partition coefficient (Wildman–Crippen LogP) is 4.26. The number of carbonyl (C=O) groups is 1. The van der Waals surface area contributed by atoms with Gasteiger partial charge in [0.2, 0.25) is 5.91 Å². The van der Waals surface area contributed by atoms with E-state index in [0.717, 1.165) is 34.9 Å². The second kappa shape index (κ2) is 7.30. The molecule has 2 rings (SSSR count). The molecule has 0 saturated heterocycles. The van der Waals surface area contributed by atoms with Crippen molar-refractivity contribution in [2.45, 2.75) is 45.6 Å². The van der Waals surface area contributed by atoms with Crippen LogP contribution in [0.2, 0.25) is 0 Å². The topological polar surface area (TPSA) is 38.3 Å². The summed E-state index contributed by atoms with van der Waals surface area (Å²) in [5.74, 6) is 0.791. The van der Waals surface area contributed by atoms with Gasteiger partial charge in [-0.1, -0.05) is 37.6 Å². The standard InChI is InChI=1S/C19H25NO2/c1-5-6-13(2)20-19(21)14(3)15-7-8-17-12-18(22-4)10-9-16(17)11-15/h7-14H,5-6H2,1-4H3,(H,20,21)/t13-,14+/m0/s1. The summed E-state index contributed by atoms with van der Waals surface area (Å²) in [6.45, 7) is 6.14. The first kappa shape index (κ1) is 16.3. The van der Waals surface area contributed by atoms with Crippen LogP contribution >= 0.6 is 0 Å². The summed E-state index contributed by atoms with van der Waals surface area (Å²) in [4.78, 5) is 12.3. The van der Waals surface area contributed by atoms with Gasteiger partial charge in [0, 0.05) is 6.04 Å². The molecule has 0 radical (unpaired) electrons. The van der Waals surface area contributed by atoms with Crippen LogP contribution in [0.4, 0.5) is 0 Å². The number of benzene rings is 2. The number of amides is 1. The van der Waals surface area contributed by atoms with Gasteiger partial charge in [-0.15, -0.1) is 0 Å². The minimum atomic E-state index is -0.147. The van der Waals surface area contributed by atoms with Gasteiger partial charge < -0.3 is 10.1 Å². The Morgan fingerprint density at radius 1 is 1.14 bits per heavy atom. The van der Waals surface area contributed by atoms with Gasteiger partial charge in [0.05, 0.1) is 13.0 Å². The zero-order valence-electron chi connectivity index (χ0n) is 13.8. The van der Waals surface area contributed by atoms with Gasteiger partial charge in [-0.2, -0.15) is 0 Å². The number of ether oxygens (including phenoxy) is 1. The molecule has 0 aliphatic rings. The van der Waals surface area contributed by atoms with E-state index in [-0.39, 0.29) is 17.9 Å². The first-order valence-electron chi connectivity index (χ1n) is 7.93. The van der Waals surface area contributed by atoms with Crippen molar-refractivity contribution in [1.29, 1.82) is 0 Å². The Kier molecular flexibility index (Phi) is 5.42. The number of carbonyl (C=O) groups excluding carboxylic acids is 1. The maximum atomic E-state index is 12.3. The number of hydrogen-bond donors (Lipinski definition) is 1. The van der Waals surface area contributed by atoms with Gasteiger partial charge in [-0.25, -0.2) is 0 Å². The minimum absolute atomic E-state index is 0.0915. The fraction of sp³-hybridized carbons (Fsp3) is 0.421. The van der Waals surface area contributed by atoms with Gasteiger partial charge in [0.25, 0.3) is 0 Å². The van der Waals surface area contributed by atoms with Crippen molar-refractivity contribution < 1.29 is 9.53 Å². The third kappa shape index (κ3) is 3.79. The summed E-state index contributed by atoms with van der Waals surface area (Å²) in [5.41, 5.74) is 1.04. The smallest absolute Gasteiger partial charge is 0.227 e. The van der Waals surface area contributed by atoms with Crippen molar-refractivity contribution in [2.24, 2.45) is 0 Å². The molecule has 2 aromatic rings. The molecule has 1 N–H and O–H groups in total. The summed E-state index contributed by atoms with van der Waals surface area (Å²) in [6.07, 6.45) is 2.09. The highest BCUT2D eigenvalue weighted by Gasteiger charge is 2.17. The van der Waals surface area contributed by atoms with E-state index in [4.69, 9.17) is 4.74 Å². The Labute approximate surface area is 132 Å². The zero-order chi connectivity index (χ0) is 16.1. The number of hydrogen-bond acceptors (Lipinski definition) is 2. The fourth-order valence-electron chi connectivity index (χ4n) is 2.66. The summed E-state index contributed by atoms with van der Waals surface area (Å²) in [7, 11) is 1.67. The van der Waals surface area contributed by atoms with Crippen LogP contribution in [-0.4, -0.2) is 19.1 Å². The molecule has 0 aliphatic carbocycles. The molecule has 118 valence electrons. The number of nitrogens with one attached hydrogen (secondary N) is 1. The second-order valence-electron chi connectivity index (χ2n) is 5.89. The van der Waals surface area contributed by atoms with Crippen molar-refractivity contribution in [2.75, 3.05) is 7.11 Å². The average molecular weight is 299 g/mol. The van der Waals surface area contributed by atoms with Gasteiger partial charge in [0.1, 0.15) is 5.75 Å². The number of rotatable bonds is 6. The highest BCUT2D eigenvalue weighted by molar-refractivity contribution is 5.88. The van der Waals surface area contributed by atoms with Crippen LogP contribution in [0.25, 0.3) is 10.8 Å². The Morgan fingerprint density at radius 3 is 2.50 bits per heavy atom. The van der Waals surface area contributed by atoms with Crippen molar-refractivity contribution in [3.8, 4) is 5.75 Å². The quantitative estimate of drug-likeness (QED) is 0.865. The van der Waals surface area contributed by atoms with Crippen LogP contribution in [-0.2, 0) is 4.79 Å². The Hall–Kier alpha value is -2.03. The Bertz CT molecular complexity index is 651. The van der Waals surface area contributed by atoms with Crippen LogP contribution < -0.4 is 10.1 Å². The van der Waals surface area contributed by atoms with E-state index in [2.05, 4.69) is 25.2 Å². The molecule has 0 aromatic heterocycles. The maximum Gasteiger partial charge on any atom is 0.227 e. The lowest BCUT2D eigenvalue weighted by Crippen LogP contribution is -2.35. The summed E-state index contributed by atoms with van der Waals surface area (Å²) in [6, 6.07) is 12.4. The fourth-order valence-corrected chi connectivity index (χ4v) is 2.66. The van der Waals surface area contributed by atoms with Crippen LogP contribution in [0.5, 0.6) is 5.75 Å². The van der Waals surface area contributed by atoms with Crippen LogP contribution in [0, 0.1) is 0 Å². The predicted molar refractivity (Wildman–Crippen MR) is 91.4 cm³/mol. The molecule has 0 bridgehead atoms. The van der Waals surface area contributed by atoms with Crippen molar-refractivity contribution >= 4 is 16.7 Å². The second-order valence-corrected chi connectivity index (χ2v) is 5.89. The normalized spacial score (nSPS) is 13.6. The molecule has 0 aliphatic heterocycles. The summed E-state index contributed by atoms with van der Waals surface area (Å²) >= 11 is 0. The van der Waals surface area contributed by atoms with E-state index < -0.39 is 0 Å². The highest BCUT2D eigenvalue weighted by Crippen LogP contribution is 2.25. The van der Waals surface area contributed by atoms with Gasteiger partial charge in [-0.3, -0.25) is 4.79 Å². The summed E-state index contributed by atoms with van der Waals surface area (Å²) < 4.78 is 5.24. The van der Waals surface area contributed by atoms with Crippen molar-refractivity contribution in [3.63, 3.8) is 0 Å². The molecule has 2 aromatic carbocycles. The molecular formula is C19H25NO2. The molecular weight excluding hydrogens is 274 g/mol. The van der Waals surface area contributed by atoms with Crippen molar-refractivity contribution in [3.05, 3.63) is 42.0 Å². The first-order chi connectivity index (χ1) is 10.5. The lowest BCUT2D eigenvalue weighted by molar-refractivity contribution is -0.122. The Balaban J connectivity index is 2.17. The lowest BCUT2D eigenvalue weighted by Gasteiger charge is -2.17. The highest BCUT2D eigenvalue weighted by atomic mass is 16.5. The molecule has 22 heavy (non-hydrogen) atoms. The number of methoxy groups -OCH3 is 1. The van der Waals surface area contributed by atoms with E-state index in [1.807, 2.05) is 37.3 Å². The number of fused-ring (bicyclic) bond motifs is 1. The van der Waals surface area contributed by atoms with E-state index >= 15 is 0 Å². The minimum Gasteiger partial charge on any atom is -0.497 e. The van der Waals surface area contributed by atoms with Crippen LogP contribution in [0.3, 0.4) is 0 Å². The van der Waals surface area contributed by atoms with E-state index in [0.29, 0.717) is 0 Å². The van der Waals surface area contributed by atoms with E-state index in [1.165, 1.54) is 0 Å². The first-order valence-corrected chi connectivity index (χ1v) is 7.93. The largest absolute Gasteiger partial charge is 0.497 e. The van der Waals surface area contributed by atoms with Crippen molar-refractivity contribution in [1.82, 2.24) is 5.32 Å². The molecule has 3 heteroatoms. The van der Waals surface area contributed by atoms with Gasteiger partial charge >= 0.3 is 0 Å². The van der Waals surface area contributed by atoms with E-state index in [9.17, 15) is 4.79 Å². The third-order valence-electron chi connectivity index (χ3n) is 4.08. The molecule has 0 saturated carbocycles. The Morgan fingerprint density at radius 2 is 1.82 bits per heavy atom. The van der Waals surface area contributed by atoms with Gasteiger partial charge in [-0.05, 0) is 48.7 Å². The molecule has 0 spiro atoms. The molecule has 0 unspecified atom stereocenters. The maximum absolute atomic E-state index is 12.3. The molecule has 3 nitrogen and oxygen atoms in total. The average Bonchev–Trinajstić information content (AvgIpc) is 2.53. The lowest BCUT2D eigenvalue weighted by atomic mass is 9.96.